The number of nitrogen functional groups attached to an aromatic ring is 1. The summed E-state index contributed by atoms with van der Waals surface area (Å²) in [4.78, 5) is 25.4. The number of carbonyl (C=O) groups is 1. The molecule has 1 saturated heterocycles. The Morgan fingerprint density at radius 3 is 2.34 bits per heavy atom. The minimum Gasteiger partial charge on any atom is -0.384 e. The van der Waals surface area contributed by atoms with Crippen molar-refractivity contribution in [3.63, 3.8) is 0 Å². The topological polar surface area (TPSA) is 120 Å². The van der Waals surface area contributed by atoms with Gasteiger partial charge in [0.2, 0.25) is 0 Å². The first-order valence-corrected chi connectivity index (χ1v) is 17.5. The number of carbonyl (C=O) groups excluding carboxylic acids is 1. The van der Waals surface area contributed by atoms with Crippen LogP contribution >= 0.6 is 0 Å². The van der Waals surface area contributed by atoms with Crippen molar-refractivity contribution < 1.29 is 9.18 Å². The summed E-state index contributed by atoms with van der Waals surface area (Å²) in [7, 11) is 0. The third-order valence-corrected chi connectivity index (χ3v) is 9.67. The van der Waals surface area contributed by atoms with Gasteiger partial charge in [0.05, 0.1) is 11.0 Å². The van der Waals surface area contributed by atoms with Crippen LogP contribution in [0, 0.1) is 18.2 Å². The highest BCUT2D eigenvalue weighted by Crippen LogP contribution is 2.24. The minimum atomic E-state index is -0.342. The van der Waals surface area contributed by atoms with Gasteiger partial charge in [-0.3, -0.25) is 15.1 Å². The zero-order valence-corrected chi connectivity index (χ0v) is 28.8. The van der Waals surface area contributed by atoms with Crippen molar-refractivity contribution >= 4 is 28.5 Å². The highest BCUT2D eigenvalue weighted by Gasteiger charge is 2.21. The minimum absolute atomic E-state index is 0.0548. The molecule has 10 heteroatoms. The van der Waals surface area contributed by atoms with Crippen molar-refractivity contribution in [2.45, 2.75) is 39.3 Å². The number of hydrogen-bond acceptors (Lipinski definition) is 6. The number of aryl methyl sites for hydroxylation is 4. The molecular formula is C40H47FN8O. The number of para-hydroxylation sites is 1. The molecule has 5 aromatic rings. The number of halogens is 1. The van der Waals surface area contributed by atoms with Crippen LogP contribution in [-0.4, -0.2) is 76.9 Å². The molecule has 0 saturated carbocycles. The van der Waals surface area contributed by atoms with Crippen LogP contribution < -0.4 is 16.4 Å². The average molecular weight is 675 g/mol. The zero-order chi connectivity index (χ0) is 35.0. The number of amides is 1. The monoisotopic (exact) mass is 674 g/mol. The lowest BCUT2D eigenvalue weighted by molar-refractivity contribution is 0.0747. The number of nitrogens with zero attached hydrogens (tertiary/aromatic N) is 5. The molecule has 1 aliphatic rings. The van der Waals surface area contributed by atoms with Crippen molar-refractivity contribution in [2.75, 3.05) is 50.7 Å². The lowest BCUT2D eigenvalue weighted by Crippen LogP contribution is -2.47. The molecule has 1 amide bonds. The molecule has 0 bridgehead atoms. The first-order chi connectivity index (χ1) is 24.3. The molecule has 6 rings (SSSR count). The number of imidazole rings is 1. The van der Waals surface area contributed by atoms with Gasteiger partial charge in [0.25, 0.3) is 5.91 Å². The summed E-state index contributed by atoms with van der Waals surface area (Å²) in [5.74, 6) is 0.478. The molecule has 9 nitrogen and oxygen atoms in total. The fraction of sp³-hybridized carbons (Fsp3) is 0.325. The van der Waals surface area contributed by atoms with Gasteiger partial charge in [0.15, 0.2) is 0 Å². The quantitative estimate of drug-likeness (QED) is 0.108. The third-order valence-electron chi connectivity index (χ3n) is 9.67. The summed E-state index contributed by atoms with van der Waals surface area (Å²) >= 11 is 0. The van der Waals surface area contributed by atoms with E-state index in [0.717, 1.165) is 81.0 Å². The van der Waals surface area contributed by atoms with Gasteiger partial charge in [-0.1, -0.05) is 60.7 Å². The van der Waals surface area contributed by atoms with Crippen molar-refractivity contribution in [2.24, 2.45) is 11.5 Å². The second kappa shape index (κ2) is 16.1. The number of benzene rings is 4. The van der Waals surface area contributed by atoms with Crippen LogP contribution in [0.5, 0.6) is 0 Å². The number of amidine groups is 1. The van der Waals surface area contributed by atoms with E-state index in [1.807, 2.05) is 42.5 Å². The lowest BCUT2D eigenvalue weighted by atomic mass is 10.1. The number of fused-ring (bicyclic) bond motifs is 1. The Morgan fingerprint density at radius 1 is 0.900 bits per heavy atom. The van der Waals surface area contributed by atoms with Crippen molar-refractivity contribution in [1.82, 2.24) is 19.4 Å². The van der Waals surface area contributed by atoms with E-state index in [0.29, 0.717) is 23.2 Å². The SMILES string of the molecule is Cc1ccccc1N1CCN(CCCn2c(CCc3ccc(C(=N)N)cc3)nc3cc(C(=O)N(CCN)Cc4ccccc4F)ccc32)CC1. The molecule has 0 aliphatic carbocycles. The largest absolute Gasteiger partial charge is 0.384 e. The van der Waals surface area contributed by atoms with E-state index in [-0.39, 0.29) is 30.6 Å². The fourth-order valence-corrected chi connectivity index (χ4v) is 6.87. The first-order valence-electron chi connectivity index (χ1n) is 17.5. The van der Waals surface area contributed by atoms with Crippen LogP contribution in [0.15, 0.2) is 91.0 Å². The Kier molecular flexibility index (Phi) is 11.2. The van der Waals surface area contributed by atoms with Gasteiger partial charge in [-0.25, -0.2) is 9.37 Å². The number of piperazine rings is 1. The second-order valence-corrected chi connectivity index (χ2v) is 13.1. The van der Waals surface area contributed by atoms with Crippen LogP contribution in [0.3, 0.4) is 0 Å². The Morgan fingerprint density at radius 2 is 1.62 bits per heavy atom. The Hall–Kier alpha value is -5.06. The summed E-state index contributed by atoms with van der Waals surface area (Å²) in [6.45, 7) is 8.80. The summed E-state index contributed by atoms with van der Waals surface area (Å²) in [6, 6.07) is 28.6. The Labute approximate surface area is 293 Å². The van der Waals surface area contributed by atoms with E-state index < -0.39 is 0 Å². The van der Waals surface area contributed by atoms with Crippen molar-refractivity contribution in [3.05, 3.63) is 130 Å². The fourth-order valence-electron chi connectivity index (χ4n) is 6.87. The van der Waals surface area contributed by atoms with Gasteiger partial charge in [0.1, 0.15) is 17.5 Å². The normalized spacial score (nSPS) is 13.5. The van der Waals surface area contributed by atoms with Gasteiger partial charge in [-0.2, -0.15) is 0 Å². The first kappa shape index (κ1) is 34.8. The number of anilines is 1. The van der Waals surface area contributed by atoms with Crippen LogP contribution in [0.1, 0.15) is 44.9 Å². The molecule has 2 heterocycles. The molecule has 0 radical (unpaired) electrons. The highest BCUT2D eigenvalue weighted by atomic mass is 19.1. The van der Waals surface area contributed by atoms with Crippen LogP contribution in [-0.2, 0) is 25.9 Å². The molecule has 1 fully saturated rings. The second-order valence-electron chi connectivity index (χ2n) is 13.1. The van der Waals surface area contributed by atoms with E-state index in [1.54, 1.807) is 23.1 Å². The van der Waals surface area contributed by atoms with Gasteiger partial charge in [-0.15, -0.1) is 0 Å². The smallest absolute Gasteiger partial charge is 0.254 e. The summed E-state index contributed by atoms with van der Waals surface area (Å²) in [6.07, 6.45) is 2.48. The molecule has 0 atom stereocenters. The average Bonchev–Trinajstić information content (AvgIpc) is 3.48. The van der Waals surface area contributed by atoms with Gasteiger partial charge >= 0.3 is 0 Å². The van der Waals surface area contributed by atoms with E-state index >= 15 is 0 Å². The van der Waals surface area contributed by atoms with Gasteiger partial charge in [-0.05, 0) is 67.8 Å². The molecule has 5 N–H and O–H groups in total. The highest BCUT2D eigenvalue weighted by molar-refractivity contribution is 5.97. The number of aromatic nitrogens is 2. The standard InChI is InChI=1S/C40H47FN8O/c1-29-7-2-5-10-36(29)47-25-23-46(24-26-47)20-6-21-49-37-17-16-32(40(50)48(22-19-42)28-33-8-3-4-9-34(33)41)27-35(37)45-38(49)18-13-30-11-14-31(15-12-30)39(43)44/h2-5,7-12,14-17,27H,6,13,18-26,28,42H2,1H3,(H3,43,44). The predicted octanol–water partition coefficient (Wildman–Crippen LogP) is 5.37. The van der Waals surface area contributed by atoms with E-state index in [1.165, 1.54) is 17.3 Å². The summed E-state index contributed by atoms with van der Waals surface area (Å²) in [5.41, 5.74) is 18.7. The molecule has 0 spiro atoms. The molecule has 260 valence electrons. The van der Waals surface area contributed by atoms with Crippen LogP contribution in [0.2, 0.25) is 0 Å². The number of nitrogens with two attached hydrogens (primary N) is 2. The van der Waals surface area contributed by atoms with Gasteiger partial charge < -0.3 is 25.8 Å². The molecule has 1 aliphatic heterocycles. The van der Waals surface area contributed by atoms with Crippen LogP contribution in [0.25, 0.3) is 11.0 Å². The Balaban J connectivity index is 1.18. The van der Waals surface area contributed by atoms with Crippen molar-refractivity contribution in [3.8, 4) is 0 Å². The molecule has 4 aromatic carbocycles. The van der Waals surface area contributed by atoms with E-state index in [2.05, 4.69) is 45.6 Å². The molecule has 1 aromatic heterocycles. The zero-order valence-electron chi connectivity index (χ0n) is 28.8. The van der Waals surface area contributed by atoms with E-state index in [9.17, 15) is 9.18 Å². The molecule has 0 unspecified atom stereocenters. The van der Waals surface area contributed by atoms with Gasteiger partial charge in [0, 0.05) is 81.2 Å². The molecular weight excluding hydrogens is 627 g/mol. The third kappa shape index (κ3) is 8.21. The van der Waals surface area contributed by atoms with E-state index in [4.69, 9.17) is 21.9 Å². The number of nitrogens with one attached hydrogen (secondary N) is 1. The Bertz CT molecular complexity index is 1930. The number of hydrogen-bond donors (Lipinski definition) is 3. The predicted molar refractivity (Wildman–Crippen MR) is 199 cm³/mol. The van der Waals surface area contributed by atoms with Crippen LogP contribution in [0.4, 0.5) is 10.1 Å². The molecule has 50 heavy (non-hydrogen) atoms. The summed E-state index contributed by atoms with van der Waals surface area (Å²) in [5, 5.41) is 7.70. The summed E-state index contributed by atoms with van der Waals surface area (Å²) < 4.78 is 16.8. The van der Waals surface area contributed by atoms with Crippen molar-refractivity contribution in [1.29, 1.82) is 5.41 Å². The maximum absolute atomic E-state index is 14.5. The number of rotatable bonds is 14. The maximum Gasteiger partial charge on any atom is 0.254 e. The lowest BCUT2D eigenvalue weighted by Gasteiger charge is -2.36. The maximum atomic E-state index is 14.5.